The summed E-state index contributed by atoms with van der Waals surface area (Å²) in [6.45, 7) is 3.68. The first kappa shape index (κ1) is 17.0. The fraction of sp³-hybridized carbons (Fsp3) is 0.438. The molecule has 0 radical (unpaired) electrons. The number of nitrogens with zero attached hydrogens (tertiary/aromatic N) is 3. The first-order chi connectivity index (χ1) is 11.6. The highest BCUT2D eigenvalue weighted by atomic mass is 35.5. The van der Waals surface area contributed by atoms with Crippen molar-refractivity contribution in [3.05, 3.63) is 35.4 Å². The summed E-state index contributed by atoms with van der Waals surface area (Å²) in [7, 11) is 0. The van der Waals surface area contributed by atoms with Crippen LogP contribution >= 0.6 is 23.8 Å². The highest BCUT2D eigenvalue weighted by molar-refractivity contribution is 7.80. The van der Waals surface area contributed by atoms with Crippen LogP contribution in [0, 0.1) is 0 Å². The fourth-order valence-electron chi connectivity index (χ4n) is 2.77. The van der Waals surface area contributed by atoms with Crippen molar-refractivity contribution < 1.29 is 4.42 Å². The van der Waals surface area contributed by atoms with E-state index < -0.39 is 0 Å². The van der Waals surface area contributed by atoms with Gasteiger partial charge < -0.3 is 20.0 Å². The van der Waals surface area contributed by atoms with Gasteiger partial charge in [0.2, 0.25) is 5.95 Å². The first-order valence-electron chi connectivity index (χ1n) is 8.00. The van der Waals surface area contributed by atoms with E-state index in [1.54, 1.807) is 12.3 Å². The third-order valence-electron chi connectivity index (χ3n) is 4.01. The minimum Gasteiger partial charge on any atom is -0.467 e. The molecule has 2 aromatic heterocycles. The summed E-state index contributed by atoms with van der Waals surface area (Å²) in [5, 5.41) is 6.86. The number of aromatic nitrogens is 2. The van der Waals surface area contributed by atoms with Crippen molar-refractivity contribution in [2.75, 3.05) is 16.8 Å². The number of rotatable bonds is 4. The van der Waals surface area contributed by atoms with Crippen LogP contribution < -0.4 is 15.5 Å². The molecule has 0 bridgehead atoms. The third-order valence-corrected chi connectivity index (χ3v) is 4.45. The SMILES string of the molecule is C[C@@H]1CCCCN1c1cc(Cl)nc(NC(=S)NCc2ccco2)n1. The number of furan rings is 1. The predicted molar refractivity (Wildman–Crippen MR) is 99.5 cm³/mol. The number of hydrogen-bond acceptors (Lipinski definition) is 5. The molecule has 0 amide bonds. The van der Waals surface area contributed by atoms with Crippen LogP contribution in [0.2, 0.25) is 5.15 Å². The van der Waals surface area contributed by atoms with Crippen LogP contribution in [0.15, 0.2) is 28.9 Å². The van der Waals surface area contributed by atoms with Crippen LogP contribution in [0.4, 0.5) is 11.8 Å². The second-order valence-corrected chi connectivity index (χ2v) is 6.59. The maximum atomic E-state index is 6.16. The van der Waals surface area contributed by atoms with Gasteiger partial charge in [-0.3, -0.25) is 0 Å². The molecule has 2 aromatic rings. The highest BCUT2D eigenvalue weighted by Gasteiger charge is 2.21. The topological polar surface area (TPSA) is 66.2 Å². The Kier molecular flexibility index (Phi) is 5.52. The standard InChI is InChI=1S/C16H20ClN5OS/c1-11-5-2-3-7-22(11)14-9-13(17)19-15(20-14)21-16(24)18-10-12-6-4-8-23-12/h4,6,8-9,11H,2-3,5,7,10H2,1H3,(H2,18,19,20,21,24)/t11-/m1/s1. The lowest BCUT2D eigenvalue weighted by atomic mass is 10.0. The summed E-state index contributed by atoms with van der Waals surface area (Å²) in [5.74, 6) is 2.03. The maximum absolute atomic E-state index is 6.16. The van der Waals surface area contributed by atoms with Gasteiger partial charge in [-0.05, 0) is 50.5 Å². The smallest absolute Gasteiger partial charge is 0.232 e. The average molecular weight is 366 g/mol. The van der Waals surface area contributed by atoms with Crippen LogP contribution in [0.25, 0.3) is 0 Å². The Morgan fingerprint density at radius 2 is 2.33 bits per heavy atom. The number of piperidine rings is 1. The van der Waals surface area contributed by atoms with Gasteiger partial charge in [0.1, 0.15) is 16.7 Å². The Morgan fingerprint density at radius 3 is 3.08 bits per heavy atom. The zero-order chi connectivity index (χ0) is 16.9. The van der Waals surface area contributed by atoms with Crippen LogP contribution in [-0.4, -0.2) is 27.7 Å². The van der Waals surface area contributed by atoms with Gasteiger partial charge in [-0.1, -0.05) is 11.6 Å². The summed E-state index contributed by atoms with van der Waals surface area (Å²) in [6.07, 6.45) is 5.20. The molecular formula is C16H20ClN5OS. The molecule has 3 rings (SSSR count). The Hall–Kier alpha value is -1.86. The molecule has 128 valence electrons. The van der Waals surface area contributed by atoms with Crippen molar-refractivity contribution in [2.24, 2.45) is 0 Å². The van der Waals surface area contributed by atoms with Gasteiger partial charge in [-0.15, -0.1) is 0 Å². The number of nitrogens with one attached hydrogen (secondary N) is 2. The Bertz CT molecular complexity index is 694. The van der Waals surface area contributed by atoms with Crippen LogP contribution in [0.1, 0.15) is 31.9 Å². The molecule has 0 aromatic carbocycles. The van der Waals surface area contributed by atoms with Crippen molar-refractivity contribution >= 4 is 40.7 Å². The van der Waals surface area contributed by atoms with Crippen molar-refractivity contribution in [3.8, 4) is 0 Å². The summed E-state index contributed by atoms with van der Waals surface area (Å²) < 4.78 is 5.25. The second-order valence-electron chi connectivity index (χ2n) is 5.80. The van der Waals surface area contributed by atoms with Gasteiger partial charge in [0.15, 0.2) is 5.11 Å². The molecule has 0 aliphatic carbocycles. The van der Waals surface area contributed by atoms with E-state index >= 15 is 0 Å². The molecule has 1 saturated heterocycles. The predicted octanol–water partition coefficient (Wildman–Crippen LogP) is 3.59. The third kappa shape index (κ3) is 4.36. The van der Waals surface area contributed by atoms with Gasteiger partial charge >= 0.3 is 0 Å². The van der Waals surface area contributed by atoms with Gasteiger partial charge in [0.05, 0.1) is 12.8 Å². The van der Waals surface area contributed by atoms with Crippen LogP contribution in [0.3, 0.4) is 0 Å². The monoisotopic (exact) mass is 365 g/mol. The van der Waals surface area contributed by atoms with E-state index in [2.05, 4.69) is 32.4 Å². The van der Waals surface area contributed by atoms with E-state index in [4.69, 9.17) is 28.2 Å². The lowest BCUT2D eigenvalue weighted by Crippen LogP contribution is -2.38. The van der Waals surface area contributed by atoms with Crippen molar-refractivity contribution in [2.45, 2.75) is 38.8 Å². The summed E-state index contributed by atoms with van der Waals surface area (Å²) in [4.78, 5) is 11.0. The molecule has 0 spiro atoms. The number of hydrogen-bond donors (Lipinski definition) is 2. The number of thiocarbonyl (C=S) groups is 1. The van der Waals surface area contributed by atoms with Crippen LogP contribution in [0.5, 0.6) is 0 Å². The average Bonchev–Trinajstić information content (AvgIpc) is 3.06. The van der Waals surface area contributed by atoms with Gasteiger partial charge in [-0.2, -0.15) is 4.98 Å². The minimum atomic E-state index is 0.396. The molecule has 6 nitrogen and oxygen atoms in total. The van der Waals surface area contributed by atoms with Crippen molar-refractivity contribution in [3.63, 3.8) is 0 Å². The largest absolute Gasteiger partial charge is 0.467 e. The molecule has 1 fully saturated rings. The van der Waals surface area contributed by atoms with E-state index in [1.807, 2.05) is 12.1 Å². The zero-order valence-electron chi connectivity index (χ0n) is 13.5. The molecule has 24 heavy (non-hydrogen) atoms. The molecular weight excluding hydrogens is 346 g/mol. The molecule has 0 unspecified atom stereocenters. The quantitative estimate of drug-likeness (QED) is 0.634. The molecule has 3 heterocycles. The number of anilines is 2. The first-order valence-corrected chi connectivity index (χ1v) is 8.79. The lowest BCUT2D eigenvalue weighted by Gasteiger charge is -2.34. The fourth-order valence-corrected chi connectivity index (χ4v) is 3.11. The second kappa shape index (κ2) is 7.81. The molecule has 1 aliphatic rings. The number of halogens is 1. The lowest BCUT2D eigenvalue weighted by molar-refractivity contribution is 0.481. The Morgan fingerprint density at radius 1 is 1.46 bits per heavy atom. The van der Waals surface area contributed by atoms with E-state index in [0.717, 1.165) is 31.0 Å². The molecule has 0 saturated carbocycles. The van der Waals surface area contributed by atoms with Gasteiger partial charge in [0.25, 0.3) is 0 Å². The zero-order valence-corrected chi connectivity index (χ0v) is 15.0. The van der Waals surface area contributed by atoms with E-state index in [-0.39, 0.29) is 0 Å². The van der Waals surface area contributed by atoms with Gasteiger partial charge in [-0.25, -0.2) is 4.98 Å². The summed E-state index contributed by atoms with van der Waals surface area (Å²) >= 11 is 11.4. The maximum Gasteiger partial charge on any atom is 0.232 e. The van der Waals surface area contributed by atoms with Crippen molar-refractivity contribution in [1.82, 2.24) is 15.3 Å². The van der Waals surface area contributed by atoms with Crippen molar-refractivity contribution in [1.29, 1.82) is 0 Å². The molecule has 1 atom stereocenters. The highest BCUT2D eigenvalue weighted by Crippen LogP contribution is 2.25. The summed E-state index contributed by atoms with van der Waals surface area (Å²) in [6, 6.07) is 5.95. The normalized spacial score (nSPS) is 17.6. The Labute approximate surface area is 151 Å². The van der Waals surface area contributed by atoms with E-state index in [9.17, 15) is 0 Å². The van der Waals surface area contributed by atoms with E-state index in [1.165, 1.54) is 6.42 Å². The molecule has 2 N–H and O–H groups in total. The van der Waals surface area contributed by atoms with Crippen LogP contribution in [-0.2, 0) is 6.54 Å². The summed E-state index contributed by atoms with van der Waals surface area (Å²) in [5.41, 5.74) is 0. The molecule has 8 heteroatoms. The Balaban J connectivity index is 1.65. The molecule has 1 aliphatic heterocycles. The van der Waals surface area contributed by atoms with Gasteiger partial charge in [0, 0.05) is 18.7 Å². The van der Waals surface area contributed by atoms with E-state index in [0.29, 0.717) is 28.8 Å². The minimum absolute atomic E-state index is 0.396.